The van der Waals surface area contributed by atoms with Crippen LogP contribution in [-0.2, 0) is 11.2 Å². The maximum atomic E-state index is 11.3. The molecule has 3 nitrogen and oxygen atoms in total. The van der Waals surface area contributed by atoms with E-state index in [0.717, 1.165) is 37.6 Å². The second-order valence-electron chi connectivity index (χ2n) is 5.65. The van der Waals surface area contributed by atoms with Gasteiger partial charge in [-0.25, -0.2) is 0 Å². The largest absolute Gasteiger partial charge is 0.457 e. The summed E-state index contributed by atoms with van der Waals surface area (Å²) >= 11 is 0. The third-order valence-corrected chi connectivity index (χ3v) is 4.05. The molecule has 2 aromatic carbocycles. The lowest BCUT2D eigenvalue weighted by Gasteiger charge is -2.25. The molecule has 0 aromatic heterocycles. The van der Waals surface area contributed by atoms with Gasteiger partial charge in [0.15, 0.2) is 0 Å². The van der Waals surface area contributed by atoms with Gasteiger partial charge in [0.2, 0.25) is 0 Å². The Hall–Kier alpha value is -2.13. The second kappa shape index (κ2) is 7.23. The normalized spacial score (nSPS) is 15.7. The van der Waals surface area contributed by atoms with Crippen molar-refractivity contribution in [1.29, 1.82) is 0 Å². The first-order chi connectivity index (χ1) is 10.8. The van der Waals surface area contributed by atoms with Crippen molar-refractivity contribution in [3.05, 3.63) is 60.2 Å². The molecule has 3 heteroatoms. The minimum atomic E-state index is 0.393. The summed E-state index contributed by atoms with van der Waals surface area (Å²) in [5.74, 6) is 2.17. The number of Topliss-reactive ketones (excluding diaryl/α,β-unsaturated/α-hetero) is 1. The lowest BCUT2D eigenvalue weighted by Crippen LogP contribution is -2.35. The van der Waals surface area contributed by atoms with Crippen molar-refractivity contribution in [3.63, 3.8) is 0 Å². The van der Waals surface area contributed by atoms with Gasteiger partial charge in [-0.15, -0.1) is 0 Å². The van der Waals surface area contributed by atoms with Gasteiger partial charge < -0.3 is 9.64 Å². The highest BCUT2D eigenvalue weighted by molar-refractivity contribution is 5.79. The first kappa shape index (κ1) is 14.8. The molecule has 1 saturated heterocycles. The maximum Gasteiger partial charge on any atom is 0.135 e. The van der Waals surface area contributed by atoms with Crippen molar-refractivity contribution in [1.82, 2.24) is 4.90 Å². The van der Waals surface area contributed by atoms with Gasteiger partial charge in [-0.3, -0.25) is 4.79 Å². The van der Waals surface area contributed by atoms with Gasteiger partial charge in [-0.1, -0.05) is 36.4 Å². The predicted molar refractivity (Wildman–Crippen MR) is 87.3 cm³/mol. The molecule has 0 saturated carbocycles. The summed E-state index contributed by atoms with van der Waals surface area (Å²) < 4.78 is 5.99. The Morgan fingerprint density at radius 3 is 2.36 bits per heavy atom. The van der Waals surface area contributed by atoms with Crippen LogP contribution in [0.3, 0.4) is 0 Å². The van der Waals surface area contributed by atoms with Crippen molar-refractivity contribution in [3.8, 4) is 11.5 Å². The highest BCUT2D eigenvalue weighted by Gasteiger charge is 2.16. The fourth-order valence-corrected chi connectivity index (χ4v) is 2.73. The average molecular weight is 295 g/mol. The Balaban J connectivity index is 1.62. The zero-order chi connectivity index (χ0) is 15.2. The standard InChI is InChI=1S/C19H21NO2/c21-17-11-14-20(15-12-17)13-10-16-6-4-5-9-19(16)22-18-7-2-1-3-8-18/h1-9H,10-15H2. The van der Waals surface area contributed by atoms with Gasteiger partial charge in [0.1, 0.15) is 17.3 Å². The Bertz CT molecular complexity index is 614. The zero-order valence-corrected chi connectivity index (χ0v) is 12.7. The summed E-state index contributed by atoms with van der Waals surface area (Å²) in [5, 5.41) is 0. The van der Waals surface area contributed by atoms with E-state index in [4.69, 9.17) is 4.74 Å². The van der Waals surface area contributed by atoms with Crippen LogP contribution in [-0.4, -0.2) is 30.3 Å². The van der Waals surface area contributed by atoms with Crippen molar-refractivity contribution in [2.75, 3.05) is 19.6 Å². The third-order valence-electron chi connectivity index (χ3n) is 4.05. The van der Waals surface area contributed by atoms with Crippen molar-refractivity contribution < 1.29 is 9.53 Å². The summed E-state index contributed by atoms with van der Waals surface area (Å²) in [6.07, 6.45) is 2.33. The van der Waals surface area contributed by atoms with Gasteiger partial charge in [-0.05, 0) is 30.2 Å². The minimum absolute atomic E-state index is 0.393. The van der Waals surface area contributed by atoms with E-state index in [9.17, 15) is 4.79 Å². The number of piperidine rings is 1. The Kier molecular flexibility index (Phi) is 4.86. The molecule has 1 fully saturated rings. The first-order valence-corrected chi connectivity index (χ1v) is 7.86. The van der Waals surface area contributed by atoms with Crippen LogP contribution < -0.4 is 4.74 Å². The van der Waals surface area contributed by atoms with E-state index in [1.165, 1.54) is 5.56 Å². The van der Waals surface area contributed by atoms with Crippen LogP contribution in [0.25, 0.3) is 0 Å². The summed E-state index contributed by atoms with van der Waals surface area (Å²) in [6, 6.07) is 18.0. The number of carbonyl (C=O) groups is 1. The van der Waals surface area contributed by atoms with Gasteiger partial charge in [0, 0.05) is 32.5 Å². The molecule has 0 radical (unpaired) electrons. The Morgan fingerprint density at radius 1 is 0.909 bits per heavy atom. The van der Waals surface area contributed by atoms with E-state index in [1.807, 2.05) is 48.5 Å². The number of ether oxygens (including phenoxy) is 1. The molecule has 3 rings (SSSR count). The number of para-hydroxylation sites is 2. The van der Waals surface area contributed by atoms with Crippen LogP contribution >= 0.6 is 0 Å². The van der Waals surface area contributed by atoms with Crippen LogP contribution in [0, 0.1) is 0 Å². The predicted octanol–water partition coefficient (Wildman–Crippen LogP) is 3.69. The lowest BCUT2D eigenvalue weighted by molar-refractivity contribution is -0.121. The van der Waals surface area contributed by atoms with Crippen LogP contribution in [0.4, 0.5) is 0 Å². The van der Waals surface area contributed by atoms with E-state index in [2.05, 4.69) is 11.0 Å². The van der Waals surface area contributed by atoms with E-state index < -0.39 is 0 Å². The lowest BCUT2D eigenvalue weighted by atomic mass is 10.1. The number of rotatable bonds is 5. The molecular formula is C19H21NO2. The van der Waals surface area contributed by atoms with E-state index in [1.54, 1.807) is 0 Å². The van der Waals surface area contributed by atoms with Crippen LogP contribution in [0.5, 0.6) is 11.5 Å². The fourth-order valence-electron chi connectivity index (χ4n) is 2.73. The molecule has 0 atom stereocenters. The fraction of sp³-hybridized carbons (Fsp3) is 0.316. The number of nitrogens with zero attached hydrogens (tertiary/aromatic N) is 1. The molecule has 0 spiro atoms. The highest BCUT2D eigenvalue weighted by atomic mass is 16.5. The summed E-state index contributed by atoms with van der Waals surface area (Å²) in [5.41, 5.74) is 1.21. The molecule has 0 bridgehead atoms. The zero-order valence-electron chi connectivity index (χ0n) is 12.7. The van der Waals surface area contributed by atoms with Crippen molar-refractivity contribution in [2.24, 2.45) is 0 Å². The molecule has 1 heterocycles. The third kappa shape index (κ3) is 3.95. The van der Waals surface area contributed by atoms with Gasteiger partial charge in [0.25, 0.3) is 0 Å². The van der Waals surface area contributed by atoms with Crippen molar-refractivity contribution in [2.45, 2.75) is 19.3 Å². The smallest absolute Gasteiger partial charge is 0.135 e. The van der Waals surface area contributed by atoms with Gasteiger partial charge in [0.05, 0.1) is 0 Å². The number of hydrogen-bond acceptors (Lipinski definition) is 3. The minimum Gasteiger partial charge on any atom is -0.457 e. The molecule has 0 N–H and O–H groups in total. The second-order valence-corrected chi connectivity index (χ2v) is 5.65. The first-order valence-electron chi connectivity index (χ1n) is 7.86. The molecule has 0 aliphatic carbocycles. The number of likely N-dealkylation sites (tertiary alicyclic amines) is 1. The van der Waals surface area contributed by atoms with Crippen LogP contribution in [0.2, 0.25) is 0 Å². The molecule has 2 aromatic rings. The Morgan fingerprint density at radius 2 is 1.59 bits per heavy atom. The van der Waals surface area contributed by atoms with Crippen LogP contribution in [0.1, 0.15) is 18.4 Å². The Labute approximate surface area is 131 Å². The number of carbonyl (C=O) groups excluding carboxylic acids is 1. The molecule has 1 aliphatic heterocycles. The molecule has 1 aliphatic rings. The van der Waals surface area contributed by atoms with Gasteiger partial charge in [-0.2, -0.15) is 0 Å². The molecule has 22 heavy (non-hydrogen) atoms. The van der Waals surface area contributed by atoms with Crippen LogP contribution in [0.15, 0.2) is 54.6 Å². The molecule has 0 amide bonds. The number of benzene rings is 2. The molecular weight excluding hydrogens is 274 g/mol. The number of hydrogen-bond donors (Lipinski definition) is 0. The quantitative estimate of drug-likeness (QED) is 0.842. The maximum absolute atomic E-state index is 11.3. The van der Waals surface area contributed by atoms with E-state index in [-0.39, 0.29) is 0 Å². The highest BCUT2D eigenvalue weighted by Crippen LogP contribution is 2.25. The number of ketones is 1. The molecule has 114 valence electrons. The van der Waals surface area contributed by atoms with E-state index in [0.29, 0.717) is 18.6 Å². The average Bonchev–Trinajstić information content (AvgIpc) is 2.56. The van der Waals surface area contributed by atoms with E-state index >= 15 is 0 Å². The summed E-state index contributed by atoms with van der Waals surface area (Å²) in [4.78, 5) is 13.7. The topological polar surface area (TPSA) is 29.5 Å². The summed E-state index contributed by atoms with van der Waals surface area (Å²) in [6.45, 7) is 2.75. The summed E-state index contributed by atoms with van der Waals surface area (Å²) in [7, 11) is 0. The monoisotopic (exact) mass is 295 g/mol. The molecule has 0 unspecified atom stereocenters. The SMILES string of the molecule is O=C1CCN(CCc2ccccc2Oc2ccccc2)CC1. The van der Waals surface area contributed by atoms with Gasteiger partial charge >= 0.3 is 0 Å². The van der Waals surface area contributed by atoms with Crippen molar-refractivity contribution >= 4 is 5.78 Å².